The fourth-order valence-corrected chi connectivity index (χ4v) is 3.32. The summed E-state index contributed by atoms with van der Waals surface area (Å²) >= 11 is 0. The first kappa shape index (κ1) is 16.7. The van der Waals surface area contributed by atoms with E-state index in [2.05, 4.69) is 58.7 Å². The number of aromatic nitrogens is 2. The quantitative estimate of drug-likeness (QED) is 0.875. The van der Waals surface area contributed by atoms with Crippen molar-refractivity contribution in [2.75, 3.05) is 24.7 Å². The fourth-order valence-electron chi connectivity index (χ4n) is 3.32. The minimum Gasteiger partial charge on any atom is -0.367 e. The van der Waals surface area contributed by atoms with E-state index in [0.29, 0.717) is 12.1 Å². The molecule has 2 N–H and O–H groups in total. The third-order valence-electron chi connectivity index (χ3n) is 4.74. The molecule has 0 saturated heterocycles. The lowest BCUT2D eigenvalue weighted by atomic mass is 9.90. The number of nitrogens with zero attached hydrogens (tertiary/aromatic N) is 3. The smallest absolute Gasteiger partial charge is 0.135 e. The Bertz CT molecular complexity index is 662. The van der Waals surface area contributed by atoms with Crippen molar-refractivity contribution in [3.8, 4) is 0 Å². The lowest BCUT2D eigenvalue weighted by Crippen LogP contribution is -2.36. The molecule has 5 heteroatoms. The van der Waals surface area contributed by atoms with Crippen molar-refractivity contribution in [3.63, 3.8) is 0 Å². The first-order chi connectivity index (χ1) is 11.6. The molecule has 1 fully saturated rings. The number of rotatable bonds is 5. The first-order valence-electron chi connectivity index (χ1n) is 8.69. The van der Waals surface area contributed by atoms with E-state index < -0.39 is 0 Å². The molecule has 1 aromatic carbocycles. The fraction of sp³-hybridized carbons (Fsp3) is 0.474. The van der Waals surface area contributed by atoms with Crippen molar-refractivity contribution < 1.29 is 0 Å². The number of hydrogen-bond acceptors (Lipinski definition) is 5. The third-order valence-corrected chi connectivity index (χ3v) is 4.74. The van der Waals surface area contributed by atoms with Crippen LogP contribution in [0.5, 0.6) is 0 Å². The van der Waals surface area contributed by atoms with E-state index in [0.717, 1.165) is 17.3 Å². The van der Waals surface area contributed by atoms with Crippen LogP contribution < -0.4 is 10.6 Å². The maximum atomic E-state index is 4.37. The van der Waals surface area contributed by atoms with Gasteiger partial charge in [-0.25, -0.2) is 9.97 Å². The summed E-state index contributed by atoms with van der Waals surface area (Å²) in [4.78, 5) is 11.0. The highest BCUT2D eigenvalue weighted by molar-refractivity contribution is 5.59. The zero-order chi connectivity index (χ0) is 16.9. The number of aryl methyl sites for hydroxylation is 1. The Morgan fingerprint density at radius 1 is 1.00 bits per heavy atom. The lowest BCUT2D eigenvalue weighted by molar-refractivity contribution is 0.221. The first-order valence-corrected chi connectivity index (χ1v) is 8.69. The van der Waals surface area contributed by atoms with Gasteiger partial charge in [-0.1, -0.05) is 12.1 Å². The van der Waals surface area contributed by atoms with Gasteiger partial charge in [0.15, 0.2) is 0 Å². The van der Waals surface area contributed by atoms with Gasteiger partial charge in [-0.3, -0.25) is 0 Å². The summed E-state index contributed by atoms with van der Waals surface area (Å²) in [5, 5.41) is 6.91. The van der Waals surface area contributed by atoms with Crippen molar-refractivity contribution in [1.29, 1.82) is 0 Å². The van der Waals surface area contributed by atoms with Gasteiger partial charge in [0.05, 0.1) is 0 Å². The molecular weight excluding hydrogens is 298 g/mol. The number of hydrogen-bond donors (Lipinski definition) is 2. The monoisotopic (exact) mass is 325 g/mol. The van der Waals surface area contributed by atoms with E-state index in [-0.39, 0.29) is 0 Å². The Morgan fingerprint density at radius 2 is 1.75 bits per heavy atom. The van der Waals surface area contributed by atoms with Crippen molar-refractivity contribution in [3.05, 3.63) is 42.2 Å². The van der Waals surface area contributed by atoms with Gasteiger partial charge in [0.1, 0.15) is 18.0 Å². The summed E-state index contributed by atoms with van der Waals surface area (Å²) in [5.41, 5.74) is 2.27. The molecule has 1 saturated carbocycles. The predicted molar refractivity (Wildman–Crippen MR) is 99.8 cm³/mol. The Morgan fingerprint density at radius 3 is 2.46 bits per heavy atom. The Hall–Kier alpha value is -2.14. The number of anilines is 3. The van der Waals surface area contributed by atoms with Crippen LogP contribution in [-0.2, 0) is 0 Å². The summed E-state index contributed by atoms with van der Waals surface area (Å²) in [6.45, 7) is 2.09. The van der Waals surface area contributed by atoms with Gasteiger partial charge >= 0.3 is 0 Å². The third kappa shape index (κ3) is 4.45. The average molecular weight is 325 g/mol. The zero-order valence-electron chi connectivity index (χ0n) is 14.8. The van der Waals surface area contributed by atoms with Gasteiger partial charge in [0.25, 0.3) is 0 Å². The molecule has 3 rings (SSSR count). The Kier molecular flexibility index (Phi) is 5.30. The second-order valence-electron chi connectivity index (χ2n) is 6.90. The highest BCUT2D eigenvalue weighted by Crippen LogP contribution is 2.25. The number of nitrogens with one attached hydrogen (secondary N) is 2. The molecule has 128 valence electrons. The van der Waals surface area contributed by atoms with Crippen LogP contribution in [0.15, 0.2) is 36.7 Å². The van der Waals surface area contributed by atoms with E-state index in [1.165, 1.54) is 31.2 Å². The van der Waals surface area contributed by atoms with Gasteiger partial charge in [-0.15, -0.1) is 0 Å². The zero-order valence-corrected chi connectivity index (χ0v) is 14.8. The molecule has 0 spiro atoms. The summed E-state index contributed by atoms with van der Waals surface area (Å²) in [7, 11) is 4.35. The minimum atomic E-state index is 0.503. The van der Waals surface area contributed by atoms with Crippen LogP contribution in [0.3, 0.4) is 0 Å². The van der Waals surface area contributed by atoms with Crippen LogP contribution in [0.4, 0.5) is 17.3 Å². The highest BCUT2D eigenvalue weighted by atomic mass is 15.1. The van der Waals surface area contributed by atoms with Crippen molar-refractivity contribution in [2.24, 2.45) is 0 Å². The molecule has 0 radical (unpaired) electrons. The van der Waals surface area contributed by atoms with E-state index in [1.54, 1.807) is 6.33 Å². The van der Waals surface area contributed by atoms with Crippen LogP contribution >= 0.6 is 0 Å². The lowest BCUT2D eigenvalue weighted by Gasteiger charge is -2.33. The van der Waals surface area contributed by atoms with Crippen LogP contribution in [0.1, 0.15) is 31.2 Å². The Labute approximate surface area is 144 Å². The average Bonchev–Trinajstić information content (AvgIpc) is 2.56. The summed E-state index contributed by atoms with van der Waals surface area (Å²) in [6, 6.07) is 11.5. The Balaban J connectivity index is 1.59. The van der Waals surface area contributed by atoms with Gasteiger partial charge < -0.3 is 15.5 Å². The summed E-state index contributed by atoms with van der Waals surface area (Å²) in [5.74, 6) is 1.72. The van der Waals surface area contributed by atoms with Crippen LogP contribution in [0.2, 0.25) is 0 Å². The molecular formula is C19H27N5. The molecule has 0 unspecified atom stereocenters. The summed E-state index contributed by atoms with van der Waals surface area (Å²) in [6.07, 6.45) is 6.47. The largest absolute Gasteiger partial charge is 0.367 e. The molecule has 0 bridgehead atoms. The van der Waals surface area contributed by atoms with Crippen LogP contribution in [0, 0.1) is 6.92 Å². The second kappa shape index (κ2) is 7.62. The molecule has 0 atom stereocenters. The van der Waals surface area contributed by atoms with E-state index in [9.17, 15) is 0 Å². The SMILES string of the molecule is Cc1cccc(Nc2cc(N[C@H]3CC[C@H](N(C)C)CC3)ncn2)c1. The van der Waals surface area contributed by atoms with Crippen molar-refractivity contribution in [1.82, 2.24) is 14.9 Å². The van der Waals surface area contributed by atoms with E-state index in [4.69, 9.17) is 0 Å². The van der Waals surface area contributed by atoms with Crippen molar-refractivity contribution in [2.45, 2.75) is 44.7 Å². The highest BCUT2D eigenvalue weighted by Gasteiger charge is 2.22. The summed E-state index contributed by atoms with van der Waals surface area (Å²) < 4.78 is 0. The molecule has 1 aliphatic rings. The van der Waals surface area contributed by atoms with Crippen LogP contribution in [0.25, 0.3) is 0 Å². The molecule has 2 aromatic rings. The maximum absolute atomic E-state index is 4.37. The topological polar surface area (TPSA) is 53.1 Å². The van der Waals surface area contributed by atoms with Gasteiger partial charge in [-0.2, -0.15) is 0 Å². The molecule has 0 amide bonds. The van der Waals surface area contributed by atoms with Gasteiger partial charge in [0.2, 0.25) is 0 Å². The van der Waals surface area contributed by atoms with E-state index >= 15 is 0 Å². The molecule has 1 aromatic heterocycles. The normalized spacial score (nSPS) is 20.8. The molecule has 0 aliphatic heterocycles. The molecule has 1 aliphatic carbocycles. The van der Waals surface area contributed by atoms with E-state index in [1.807, 2.05) is 18.2 Å². The van der Waals surface area contributed by atoms with Crippen molar-refractivity contribution >= 4 is 17.3 Å². The molecule has 24 heavy (non-hydrogen) atoms. The molecule has 5 nitrogen and oxygen atoms in total. The standard InChI is InChI=1S/C19H27N5/c1-14-5-4-6-16(11-14)23-19-12-18(20-13-21-19)22-15-7-9-17(10-8-15)24(2)3/h4-6,11-13,15,17H,7-10H2,1-3H3,(H2,20,21,22,23)/t15-,17-. The molecule has 1 heterocycles. The number of benzene rings is 1. The second-order valence-corrected chi connectivity index (χ2v) is 6.90. The van der Waals surface area contributed by atoms with Crippen LogP contribution in [-0.4, -0.2) is 41.0 Å². The van der Waals surface area contributed by atoms with Gasteiger partial charge in [-0.05, 0) is 64.4 Å². The predicted octanol–water partition coefficient (Wildman–Crippen LogP) is 3.81. The van der Waals surface area contributed by atoms with Gasteiger partial charge in [0, 0.05) is 23.8 Å². The minimum absolute atomic E-state index is 0.503. The maximum Gasteiger partial charge on any atom is 0.135 e.